The minimum atomic E-state index is -0.320. The van der Waals surface area contributed by atoms with Gasteiger partial charge in [-0.1, -0.05) is 25.1 Å². The average Bonchev–Trinajstić information content (AvgIpc) is 2.82. The van der Waals surface area contributed by atoms with Gasteiger partial charge in [0.1, 0.15) is 0 Å². The molecule has 1 aromatic heterocycles. The van der Waals surface area contributed by atoms with Crippen molar-refractivity contribution in [1.82, 2.24) is 10.3 Å². The highest BCUT2D eigenvalue weighted by Crippen LogP contribution is 2.27. The van der Waals surface area contributed by atoms with Crippen molar-refractivity contribution in [3.63, 3.8) is 0 Å². The third-order valence-electron chi connectivity index (χ3n) is 4.60. The zero-order chi connectivity index (χ0) is 22.1. The monoisotopic (exact) mass is 418 g/mol. The molecule has 7 heteroatoms. The van der Waals surface area contributed by atoms with Gasteiger partial charge in [0, 0.05) is 17.4 Å². The van der Waals surface area contributed by atoms with E-state index in [-0.39, 0.29) is 5.91 Å². The van der Waals surface area contributed by atoms with Gasteiger partial charge in [-0.2, -0.15) is 0 Å². The van der Waals surface area contributed by atoms with Crippen molar-refractivity contribution in [2.75, 3.05) is 19.5 Å². The molecule has 0 aliphatic heterocycles. The maximum absolute atomic E-state index is 12.9. The molecular weight excluding hydrogens is 392 g/mol. The number of carbonyl (C=O) groups is 1. The van der Waals surface area contributed by atoms with Gasteiger partial charge in [0.05, 0.1) is 26.5 Å². The largest absolute Gasteiger partial charge is 0.493 e. The summed E-state index contributed by atoms with van der Waals surface area (Å²) in [4.78, 5) is 21.7. The zero-order valence-corrected chi connectivity index (χ0v) is 17.9. The van der Waals surface area contributed by atoms with E-state index in [1.54, 1.807) is 31.5 Å². The number of hydrogen-bond donors (Lipinski definition) is 2. The number of rotatable bonds is 7. The zero-order valence-electron chi connectivity index (χ0n) is 17.9. The molecule has 3 rings (SSSR count). The molecule has 0 aliphatic carbocycles. The number of methoxy groups -OCH3 is 2. The summed E-state index contributed by atoms with van der Waals surface area (Å²) >= 11 is 0. The molecule has 0 unspecified atom stereocenters. The standard InChI is InChI=1S/C24H26N4O3/c1-4-17-8-7-10-19(14-17)27-24(26-16-20-9-5-6-13-25-20)28-23(29)18-11-12-21(30-2)22(15-18)31-3/h5-15H,4,16H2,1-3H3,(H2,26,27,28,29). The van der Waals surface area contributed by atoms with E-state index in [0.29, 0.717) is 29.6 Å². The molecule has 2 aromatic carbocycles. The van der Waals surface area contributed by atoms with Crippen LogP contribution < -0.4 is 20.1 Å². The second kappa shape index (κ2) is 10.8. The van der Waals surface area contributed by atoms with Crippen LogP contribution in [0.25, 0.3) is 0 Å². The maximum Gasteiger partial charge on any atom is 0.258 e. The fourth-order valence-electron chi connectivity index (χ4n) is 2.92. The molecule has 1 heterocycles. The smallest absolute Gasteiger partial charge is 0.258 e. The van der Waals surface area contributed by atoms with E-state index in [9.17, 15) is 4.79 Å². The second-order valence-electron chi connectivity index (χ2n) is 6.69. The van der Waals surface area contributed by atoms with Crippen molar-refractivity contribution in [2.45, 2.75) is 19.9 Å². The topological polar surface area (TPSA) is 84.8 Å². The van der Waals surface area contributed by atoms with Crippen LogP contribution in [0.5, 0.6) is 11.5 Å². The van der Waals surface area contributed by atoms with Gasteiger partial charge >= 0.3 is 0 Å². The molecule has 3 aromatic rings. The Morgan fingerprint density at radius 2 is 1.84 bits per heavy atom. The maximum atomic E-state index is 12.9. The van der Waals surface area contributed by atoms with Gasteiger partial charge in [-0.15, -0.1) is 0 Å². The SMILES string of the molecule is CCc1cccc(NC(=NCc2ccccn2)NC(=O)c2ccc(OC)c(OC)c2)c1. The summed E-state index contributed by atoms with van der Waals surface area (Å²) in [5.74, 6) is 1.04. The summed E-state index contributed by atoms with van der Waals surface area (Å²) in [6.45, 7) is 2.41. The highest BCUT2D eigenvalue weighted by Gasteiger charge is 2.13. The Morgan fingerprint density at radius 3 is 2.55 bits per heavy atom. The van der Waals surface area contributed by atoms with Gasteiger partial charge < -0.3 is 14.8 Å². The number of nitrogens with zero attached hydrogens (tertiary/aromatic N) is 2. The van der Waals surface area contributed by atoms with E-state index in [0.717, 1.165) is 17.8 Å². The van der Waals surface area contributed by atoms with Crippen LogP contribution in [-0.2, 0) is 13.0 Å². The molecule has 0 aliphatic rings. The summed E-state index contributed by atoms with van der Waals surface area (Å²) in [7, 11) is 3.08. The van der Waals surface area contributed by atoms with Gasteiger partial charge in [-0.05, 0) is 54.4 Å². The van der Waals surface area contributed by atoms with Gasteiger partial charge in [0.2, 0.25) is 5.96 Å². The number of guanidine groups is 1. The average molecular weight is 418 g/mol. The first-order chi connectivity index (χ1) is 15.1. The molecule has 0 saturated heterocycles. The summed E-state index contributed by atoms with van der Waals surface area (Å²) in [6.07, 6.45) is 2.62. The van der Waals surface area contributed by atoms with Crippen LogP contribution in [0.4, 0.5) is 5.69 Å². The number of hydrogen-bond acceptors (Lipinski definition) is 5. The van der Waals surface area contributed by atoms with Gasteiger partial charge in [0.25, 0.3) is 5.91 Å². The van der Waals surface area contributed by atoms with Crippen molar-refractivity contribution < 1.29 is 14.3 Å². The summed E-state index contributed by atoms with van der Waals surface area (Å²) in [5.41, 5.74) is 3.24. The van der Waals surface area contributed by atoms with Gasteiger partial charge in [0.15, 0.2) is 11.5 Å². The first-order valence-electron chi connectivity index (χ1n) is 9.96. The minimum Gasteiger partial charge on any atom is -0.493 e. The Balaban J connectivity index is 1.83. The van der Waals surface area contributed by atoms with Gasteiger partial charge in [-0.3, -0.25) is 15.1 Å². The van der Waals surface area contributed by atoms with Crippen molar-refractivity contribution in [3.8, 4) is 11.5 Å². The number of benzene rings is 2. The van der Waals surface area contributed by atoms with E-state index in [1.165, 1.54) is 12.7 Å². The van der Waals surface area contributed by atoms with E-state index in [2.05, 4.69) is 33.6 Å². The quantitative estimate of drug-likeness (QED) is 0.446. The van der Waals surface area contributed by atoms with Crippen LogP contribution in [-0.4, -0.2) is 31.1 Å². The molecule has 160 valence electrons. The number of aryl methyl sites for hydroxylation is 1. The van der Waals surface area contributed by atoms with Gasteiger partial charge in [-0.25, -0.2) is 4.99 Å². The van der Waals surface area contributed by atoms with Crippen LogP contribution in [0.2, 0.25) is 0 Å². The first kappa shape index (κ1) is 21.8. The predicted molar refractivity (Wildman–Crippen MR) is 122 cm³/mol. The van der Waals surface area contributed by atoms with Crippen LogP contribution in [0.3, 0.4) is 0 Å². The number of nitrogens with one attached hydrogen (secondary N) is 2. The number of ether oxygens (including phenoxy) is 2. The van der Waals surface area contributed by atoms with E-state index in [4.69, 9.17) is 9.47 Å². The van der Waals surface area contributed by atoms with Crippen LogP contribution >= 0.6 is 0 Å². The Morgan fingerprint density at radius 1 is 1.00 bits per heavy atom. The van der Waals surface area contributed by atoms with Crippen molar-refractivity contribution >= 4 is 17.6 Å². The third-order valence-corrected chi connectivity index (χ3v) is 4.60. The lowest BCUT2D eigenvalue weighted by Gasteiger charge is -2.14. The lowest BCUT2D eigenvalue weighted by molar-refractivity contribution is 0.0976. The van der Waals surface area contributed by atoms with Crippen LogP contribution in [0.15, 0.2) is 71.9 Å². The van der Waals surface area contributed by atoms with Crippen molar-refractivity contribution in [2.24, 2.45) is 4.99 Å². The molecular formula is C24H26N4O3. The molecule has 0 radical (unpaired) electrons. The number of aliphatic imine (C=N–C) groups is 1. The lowest BCUT2D eigenvalue weighted by Crippen LogP contribution is -2.36. The molecule has 31 heavy (non-hydrogen) atoms. The van der Waals surface area contributed by atoms with Crippen LogP contribution in [0, 0.1) is 0 Å². The molecule has 0 fully saturated rings. The number of amides is 1. The second-order valence-corrected chi connectivity index (χ2v) is 6.69. The molecule has 7 nitrogen and oxygen atoms in total. The Kier molecular flexibility index (Phi) is 7.59. The Labute approximate surface area is 182 Å². The number of anilines is 1. The molecule has 0 spiro atoms. The summed E-state index contributed by atoms with van der Waals surface area (Å²) < 4.78 is 10.5. The van der Waals surface area contributed by atoms with Crippen molar-refractivity contribution in [1.29, 1.82) is 0 Å². The van der Waals surface area contributed by atoms with E-state index < -0.39 is 0 Å². The lowest BCUT2D eigenvalue weighted by atomic mass is 10.1. The predicted octanol–water partition coefficient (Wildman–Crippen LogP) is 4.06. The summed E-state index contributed by atoms with van der Waals surface area (Å²) in [6, 6.07) is 18.6. The summed E-state index contributed by atoms with van der Waals surface area (Å²) in [5, 5.41) is 6.06. The molecule has 1 amide bonds. The fourth-order valence-corrected chi connectivity index (χ4v) is 2.92. The molecule has 2 N–H and O–H groups in total. The number of pyridine rings is 1. The molecule has 0 atom stereocenters. The number of carbonyl (C=O) groups excluding carboxylic acids is 1. The van der Waals surface area contributed by atoms with E-state index >= 15 is 0 Å². The first-order valence-corrected chi connectivity index (χ1v) is 9.96. The van der Waals surface area contributed by atoms with Crippen molar-refractivity contribution in [3.05, 3.63) is 83.7 Å². The molecule has 0 saturated carbocycles. The number of aromatic nitrogens is 1. The fraction of sp³-hybridized carbons (Fsp3) is 0.208. The normalized spacial score (nSPS) is 11.0. The van der Waals surface area contributed by atoms with E-state index in [1.807, 2.05) is 36.4 Å². The Hall–Kier alpha value is -3.87. The highest BCUT2D eigenvalue weighted by atomic mass is 16.5. The highest BCUT2D eigenvalue weighted by molar-refractivity contribution is 6.10. The molecule has 0 bridgehead atoms. The Bertz CT molecular complexity index is 1050. The minimum absolute atomic E-state index is 0.320. The van der Waals surface area contributed by atoms with Crippen LogP contribution in [0.1, 0.15) is 28.5 Å². The third kappa shape index (κ3) is 6.05.